The number of para-hydroxylation sites is 1. The molecule has 0 saturated heterocycles. The van der Waals surface area contributed by atoms with Crippen molar-refractivity contribution in [2.75, 3.05) is 5.32 Å². The molecule has 0 aliphatic carbocycles. The first-order valence-electron chi connectivity index (χ1n) is 5.94. The fourth-order valence-corrected chi connectivity index (χ4v) is 4.46. The maximum Gasteiger partial charge on any atom is 0.341 e. The summed E-state index contributed by atoms with van der Waals surface area (Å²) < 4.78 is 49.7. The first-order valence-corrected chi connectivity index (χ1v) is 9.16. The second kappa shape index (κ2) is 6.41. The standard InChI is InChI=1S/C13H12BrF2NO2S2/c1-8(12-9(14)6-7-20-12)17-10-4-2-3-5-11(10)21(18,19)13(15)16/h2-8,13,17H,1H3. The van der Waals surface area contributed by atoms with Gasteiger partial charge in [0.2, 0.25) is 9.84 Å². The van der Waals surface area contributed by atoms with Gasteiger partial charge in [0.25, 0.3) is 0 Å². The van der Waals surface area contributed by atoms with E-state index < -0.39 is 15.6 Å². The van der Waals surface area contributed by atoms with Gasteiger partial charge in [-0.3, -0.25) is 0 Å². The number of sulfone groups is 1. The largest absolute Gasteiger partial charge is 0.377 e. The molecule has 21 heavy (non-hydrogen) atoms. The second-order valence-electron chi connectivity index (χ2n) is 4.30. The summed E-state index contributed by atoms with van der Waals surface area (Å²) in [5.41, 5.74) is 0.172. The van der Waals surface area contributed by atoms with Gasteiger partial charge in [-0.2, -0.15) is 8.78 Å². The van der Waals surface area contributed by atoms with E-state index in [0.717, 1.165) is 9.35 Å². The average Bonchev–Trinajstić information content (AvgIpc) is 2.85. The van der Waals surface area contributed by atoms with Crippen LogP contribution in [0.25, 0.3) is 0 Å². The smallest absolute Gasteiger partial charge is 0.341 e. The lowest BCUT2D eigenvalue weighted by Gasteiger charge is -2.17. The van der Waals surface area contributed by atoms with Crippen molar-refractivity contribution >= 4 is 42.8 Å². The molecule has 2 aromatic rings. The number of benzene rings is 1. The van der Waals surface area contributed by atoms with Crippen LogP contribution in [0.2, 0.25) is 0 Å². The van der Waals surface area contributed by atoms with Gasteiger partial charge in [0.15, 0.2) is 0 Å². The van der Waals surface area contributed by atoms with Crippen LogP contribution in [0.5, 0.6) is 0 Å². The topological polar surface area (TPSA) is 46.2 Å². The van der Waals surface area contributed by atoms with E-state index in [1.165, 1.54) is 29.5 Å². The highest BCUT2D eigenvalue weighted by Crippen LogP contribution is 2.33. The Kier molecular flexibility index (Phi) is 5.00. The van der Waals surface area contributed by atoms with Gasteiger partial charge in [0, 0.05) is 9.35 Å². The number of hydrogen-bond acceptors (Lipinski definition) is 4. The van der Waals surface area contributed by atoms with Crippen LogP contribution in [0.4, 0.5) is 14.5 Å². The Labute approximate surface area is 134 Å². The predicted molar refractivity (Wildman–Crippen MR) is 83.7 cm³/mol. The number of anilines is 1. The lowest BCUT2D eigenvalue weighted by Crippen LogP contribution is -2.15. The molecule has 1 N–H and O–H groups in total. The van der Waals surface area contributed by atoms with Crippen LogP contribution < -0.4 is 5.32 Å². The second-order valence-corrected chi connectivity index (χ2v) is 7.99. The summed E-state index contributed by atoms with van der Waals surface area (Å²) in [5, 5.41) is 4.87. The van der Waals surface area contributed by atoms with Crippen molar-refractivity contribution in [3.8, 4) is 0 Å². The number of thiophene rings is 1. The highest BCUT2D eigenvalue weighted by atomic mass is 79.9. The van der Waals surface area contributed by atoms with Crippen molar-refractivity contribution in [3.05, 3.63) is 45.1 Å². The molecule has 0 saturated carbocycles. The summed E-state index contributed by atoms with van der Waals surface area (Å²) in [5.74, 6) is -3.44. The molecule has 0 aliphatic rings. The summed E-state index contributed by atoms with van der Waals surface area (Å²) >= 11 is 4.88. The molecule has 1 aromatic heterocycles. The lowest BCUT2D eigenvalue weighted by atomic mass is 10.2. The fourth-order valence-electron chi connectivity index (χ4n) is 1.84. The van der Waals surface area contributed by atoms with Crippen molar-refractivity contribution in [2.24, 2.45) is 0 Å². The Morgan fingerprint density at radius 1 is 1.24 bits per heavy atom. The minimum atomic E-state index is -4.64. The van der Waals surface area contributed by atoms with Crippen LogP contribution in [-0.4, -0.2) is 14.2 Å². The van der Waals surface area contributed by atoms with Gasteiger partial charge in [0.1, 0.15) is 0 Å². The van der Waals surface area contributed by atoms with Gasteiger partial charge in [-0.1, -0.05) is 12.1 Å². The summed E-state index contributed by atoms with van der Waals surface area (Å²) in [6, 6.07) is 7.34. The molecule has 114 valence electrons. The minimum absolute atomic E-state index is 0.172. The van der Waals surface area contributed by atoms with E-state index in [4.69, 9.17) is 0 Å². The normalized spacial score (nSPS) is 13.4. The zero-order chi connectivity index (χ0) is 15.6. The van der Waals surface area contributed by atoms with Gasteiger partial charge in [-0.15, -0.1) is 11.3 Å². The summed E-state index contributed by atoms with van der Waals surface area (Å²) in [7, 11) is -4.64. The van der Waals surface area contributed by atoms with Gasteiger partial charge < -0.3 is 5.32 Å². The maximum atomic E-state index is 12.7. The molecule has 0 spiro atoms. The predicted octanol–water partition coefficient (Wildman–Crippen LogP) is 4.68. The molecule has 1 unspecified atom stereocenters. The zero-order valence-electron chi connectivity index (χ0n) is 10.9. The third kappa shape index (κ3) is 3.44. The van der Waals surface area contributed by atoms with Crippen LogP contribution in [-0.2, 0) is 9.84 Å². The van der Waals surface area contributed by atoms with Crippen LogP contribution >= 0.6 is 27.3 Å². The first-order chi connectivity index (χ1) is 9.84. The highest BCUT2D eigenvalue weighted by Gasteiger charge is 2.29. The lowest BCUT2D eigenvalue weighted by molar-refractivity contribution is 0.235. The quantitative estimate of drug-likeness (QED) is 0.799. The molecule has 8 heteroatoms. The molecule has 3 nitrogen and oxygen atoms in total. The van der Waals surface area contributed by atoms with E-state index >= 15 is 0 Å². The van der Waals surface area contributed by atoms with E-state index in [0.29, 0.717) is 0 Å². The third-order valence-electron chi connectivity index (χ3n) is 2.84. The highest BCUT2D eigenvalue weighted by molar-refractivity contribution is 9.10. The summed E-state index contributed by atoms with van der Waals surface area (Å²) in [6.07, 6.45) is 0. The molecule has 2 rings (SSSR count). The molecule has 0 bridgehead atoms. The molecule has 1 aromatic carbocycles. The number of alkyl halides is 2. The van der Waals surface area contributed by atoms with E-state index in [2.05, 4.69) is 21.2 Å². The van der Waals surface area contributed by atoms with Crippen LogP contribution in [0.15, 0.2) is 45.1 Å². The van der Waals surface area contributed by atoms with Crippen LogP contribution in [0.3, 0.4) is 0 Å². The molecular weight excluding hydrogens is 384 g/mol. The number of halogens is 3. The minimum Gasteiger partial charge on any atom is -0.377 e. The fraction of sp³-hybridized carbons (Fsp3) is 0.231. The SMILES string of the molecule is CC(Nc1ccccc1S(=O)(=O)C(F)F)c1sccc1Br. The Hall–Kier alpha value is -0.990. The molecular formula is C13H12BrF2NO2S2. The summed E-state index contributed by atoms with van der Waals surface area (Å²) in [4.78, 5) is 0.568. The molecule has 0 aliphatic heterocycles. The van der Waals surface area contributed by atoms with Crippen molar-refractivity contribution < 1.29 is 17.2 Å². The van der Waals surface area contributed by atoms with Gasteiger partial charge in [-0.05, 0) is 46.4 Å². The van der Waals surface area contributed by atoms with Crippen molar-refractivity contribution in [1.29, 1.82) is 0 Å². The molecule has 1 heterocycles. The van der Waals surface area contributed by atoms with E-state index in [1.54, 1.807) is 6.07 Å². The Morgan fingerprint density at radius 2 is 1.90 bits per heavy atom. The zero-order valence-corrected chi connectivity index (χ0v) is 14.1. The van der Waals surface area contributed by atoms with E-state index in [9.17, 15) is 17.2 Å². The van der Waals surface area contributed by atoms with E-state index in [1.807, 2.05) is 18.4 Å². The van der Waals surface area contributed by atoms with Crippen molar-refractivity contribution in [3.63, 3.8) is 0 Å². The molecule has 1 atom stereocenters. The monoisotopic (exact) mass is 395 g/mol. The third-order valence-corrected chi connectivity index (χ3v) is 6.33. The van der Waals surface area contributed by atoms with Gasteiger partial charge >= 0.3 is 5.76 Å². The summed E-state index contributed by atoms with van der Waals surface area (Å²) in [6.45, 7) is 1.84. The van der Waals surface area contributed by atoms with Crippen LogP contribution in [0.1, 0.15) is 17.8 Å². The number of hydrogen-bond donors (Lipinski definition) is 1. The Balaban J connectivity index is 2.36. The Bertz CT molecular complexity index is 731. The van der Waals surface area contributed by atoms with E-state index in [-0.39, 0.29) is 16.6 Å². The molecule has 0 amide bonds. The number of rotatable bonds is 5. The van der Waals surface area contributed by atoms with Crippen molar-refractivity contribution in [2.45, 2.75) is 23.6 Å². The number of nitrogens with one attached hydrogen (secondary N) is 1. The van der Waals surface area contributed by atoms with Crippen molar-refractivity contribution in [1.82, 2.24) is 0 Å². The Morgan fingerprint density at radius 3 is 2.48 bits per heavy atom. The molecule has 0 radical (unpaired) electrons. The van der Waals surface area contributed by atoms with Gasteiger partial charge in [0.05, 0.1) is 16.6 Å². The van der Waals surface area contributed by atoms with Gasteiger partial charge in [-0.25, -0.2) is 8.42 Å². The molecule has 0 fully saturated rings. The first kappa shape index (κ1) is 16.4. The maximum absolute atomic E-state index is 12.7. The van der Waals surface area contributed by atoms with Crippen LogP contribution in [0, 0.1) is 0 Å². The average molecular weight is 396 g/mol.